The molecule has 1 atom stereocenters. The van der Waals surface area contributed by atoms with E-state index in [0.29, 0.717) is 16.9 Å². The Kier molecular flexibility index (Phi) is 5.65. The van der Waals surface area contributed by atoms with Crippen LogP contribution in [0.3, 0.4) is 0 Å². The molecule has 0 fully saturated rings. The number of alkyl halides is 3. The third kappa shape index (κ3) is 5.76. The highest BCUT2D eigenvalue weighted by Crippen LogP contribution is 2.31. The first kappa shape index (κ1) is 18.7. The van der Waals surface area contributed by atoms with Crippen molar-refractivity contribution >= 4 is 34.4 Å². The molecule has 0 aromatic heterocycles. The maximum absolute atomic E-state index is 12.8. The highest BCUT2D eigenvalue weighted by atomic mass is 32.2. The van der Waals surface area contributed by atoms with Crippen LogP contribution in [0.15, 0.2) is 42.5 Å². The van der Waals surface area contributed by atoms with Gasteiger partial charge in [0.1, 0.15) is 0 Å². The van der Waals surface area contributed by atoms with Crippen LogP contribution in [0, 0.1) is 6.92 Å². The first-order valence-corrected chi connectivity index (χ1v) is 7.94. The summed E-state index contributed by atoms with van der Waals surface area (Å²) in [5.74, 6) is 0. The number of amides is 2. The number of rotatable bonds is 4. The van der Waals surface area contributed by atoms with Gasteiger partial charge in [-0.15, -0.1) is 0 Å². The second kappa shape index (κ2) is 7.53. The number of carbonyl (C=O) groups excluding carboxylic acids is 1. The number of anilines is 3. The molecule has 1 unspecified atom stereocenters. The smallest absolute Gasteiger partial charge is 0.416 e. The predicted octanol–water partition coefficient (Wildman–Crippen LogP) is 3.86. The molecule has 0 saturated heterocycles. The fourth-order valence-corrected chi connectivity index (χ4v) is 2.36. The zero-order valence-electron chi connectivity index (χ0n) is 12.8. The van der Waals surface area contributed by atoms with Crippen LogP contribution in [0.5, 0.6) is 0 Å². The van der Waals surface area contributed by atoms with Crippen molar-refractivity contribution in [2.75, 3.05) is 15.4 Å². The summed E-state index contributed by atoms with van der Waals surface area (Å²) in [5, 5.41) is 4.76. The number of nitrogens with one attached hydrogen (secondary N) is 3. The SMILES string of the molecule is Cc1cc(NC(=O)Nc2ccc(NS(=O)[O-])cc2)cc(C(F)(F)F)c1. The molecule has 0 aliphatic heterocycles. The van der Waals surface area contributed by atoms with E-state index in [0.717, 1.165) is 12.1 Å². The summed E-state index contributed by atoms with van der Waals surface area (Å²) < 4.78 is 61.5. The summed E-state index contributed by atoms with van der Waals surface area (Å²) in [6.45, 7) is 1.49. The Hall–Kier alpha value is -2.59. The van der Waals surface area contributed by atoms with Crippen molar-refractivity contribution in [2.45, 2.75) is 13.1 Å². The molecule has 0 saturated carbocycles. The molecule has 134 valence electrons. The molecule has 10 heteroatoms. The Labute approximate surface area is 143 Å². The maximum Gasteiger partial charge on any atom is 0.416 e. The van der Waals surface area contributed by atoms with Crippen LogP contribution >= 0.6 is 0 Å². The number of aryl methyl sites for hydroxylation is 1. The lowest BCUT2D eigenvalue weighted by Gasteiger charge is -2.13. The molecule has 0 aliphatic carbocycles. The number of hydrogen-bond acceptors (Lipinski definition) is 3. The van der Waals surface area contributed by atoms with Crippen LogP contribution < -0.4 is 15.4 Å². The van der Waals surface area contributed by atoms with Crippen molar-refractivity contribution < 1.29 is 26.7 Å². The van der Waals surface area contributed by atoms with E-state index < -0.39 is 29.0 Å². The van der Waals surface area contributed by atoms with Gasteiger partial charge in [0.2, 0.25) is 0 Å². The van der Waals surface area contributed by atoms with Crippen molar-refractivity contribution in [3.05, 3.63) is 53.6 Å². The van der Waals surface area contributed by atoms with Gasteiger partial charge in [-0.1, -0.05) is 0 Å². The largest absolute Gasteiger partial charge is 0.755 e. The minimum atomic E-state index is -4.51. The minimum absolute atomic E-state index is 0.00450. The number of carbonyl (C=O) groups is 1. The molecule has 0 spiro atoms. The monoisotopic (exact) mass is 372 g/mol. The second-order valence-electron chi connectivity index (χ2n) is 5.08. The number of halogens is 3. The van der Waals surface area contributed by atoms with Gasteiger partial charge >= 0.3 is 12.2 Å². The van der Waals surface area contributed by atoms with E-state index in [4.69, 9.17) is 0 Å². The Bertz CT molecular complexity index is 795. The lowest BCUT2D eigenvalue weighted by Crippen LogP contribution is -2.20. The lowest BCUT2D eigenvalue weighted by atomic mass is 10.1. The maximum atomic E-state index is 12.8. The van der Waals surface area contributed by atoms with Gasteiger partial charge in [0.15, 0.2) is 0 Å². The van der Waals surface area contributed by atoms with Crippen LogP contribution in [0.1, 0.15) is 11.1 Å². The Morgan fingerprint density at radius 1 is 1.00 bits per heavy atom. The van der Waals surface area contributed by atoms with Crippen molar-refractivity contribution in [3.8, 4) is 0 Å². The van der Waals surface area contributed by atoms with Crippen molar-refractivity contribution in [3.63, 3.8) is 0 Å². The first-order valence-electron chi connectivity index (χ1n) is 6.86. The normalized spacial score (nSPS) is 12.4. The second-order valence-corrected chi connectivity index (χ2v) is 5.75. The third-order valence-corrected chi connectivity index (χ3v) is 3.41. The molecule has 2 aromatic carbocycles. The standard InChI is InChI=1S/C15H14F3N3O3S/c1-9-6-10(15(16,17)18)8-13(7-9)20-14(22)19-11-2-4-12(5-3-11)21-25(23)24/h2-8,21H,1H3,(H,23,24)(H2,19,20,22)/p-1. The first-order chi connectivity index (χ1) is 11.6. The molecule has 2 rings (SSSR count). The van der Waals surface area contributed by atoms with Gasteiger partial charge in [0, 0.05) is 28.3 Å². The molecule has 0 aliphatic rings. The molecule has 2 aromatic rings. The summed E-state index contributed by atoms with van der Waals surface area (Å²) in [4.78, 5) is 11.9. The summed E-state index contributed by atoms with van der Waals surface area (Å²) >= 11 is -2.46. The summed E-state index contributed by atoms with van der Waals surface area (Å²) in [7, 11) is 0. The Balaban J connectivity index is 2.05. The van der Waals surface area contributed by atoms with Crippen LogP contribution in [-0.2, 0) is 17.4 Å². The van der Waals surface area contributed by atoms with Crippen LogP contribution in [0.2, 0.25) is 0 Å². The van der Waals surface area contributed by atoms with Gasteiger partial charge in [0.25, 0.3) is 0 Å². The predicted molar refractivity (Wildman–Crippen MR) is 87.8 cm³/mol. The quantitative estimate of drug-likeness (QED) is 0.712. The van der Waals surface area contributed by atoms with Crippen molar-refractivity contribution in [2.24, 2.45) is 0 Å². The molecule has 3 N–H and O–H groups in total. The zero-order valence-corrected chi connectivity index (χ0v) is 13.6. The van der Waals surface area contributed by atoms with Gasteiger partial charge < -0.3 is 19.9 Å². The molecule has 0 radical (unpaired) electrons. The number of urea groups is 1. The molecule has 6 nitrogen and oxygen atoms in total. The van der Waals surface area contributed by atoms with Gasteiger partial charge in [0.05, 0.1) is 5.56 Å². The van der Waals surface area contributed by atoms with Gasteiger partial charge in [-0.25, -0.2) is 4.79 Å². The Morgan fingerprint density at radius 3 is 2.12 bits per heavy atom. The average Bonchev–Trinajstić information content (AvgIpc) is 2.47. The molecule has 25 heavy (non-hydrogen) atoms. The third-order valence-electron chi connectivity index (χ3n) is 3.01. The van der Waals surface area contributed by atoms with Gasteiger partial charge in [-0.05, 0) is 55.0 Å². The summed E-state index contributed by atoms with van der Waals surface area (Å²) in [5.41, 5.74) is 0.135. The highest BCUT2D eigenvalue weighted by Gasteiger charge is 2.31. The average molecular weight is 372 g/mol. The number of hydrogen-bond donors (Lipinski definition) is 3. The topological polar surface area (TPSA) is 93.3 Å². The molecule has 2 amide bonds. The fraction of sp³-hybridized carbons (Fsp3) is 0.133. The van der Waals surface area contributed by atoms with E-state index in [1.807, 2.05) is 0 Å². The highest BCUT2D eigenvalue weighted by molar-refractivity contribution is 7.80. The lowest BCUT2D eigenvalue weighted by molar-refractivity contribution is -0.137. The van der Waals surface area contributed by atoms with Crippen LogP contribution in [0.4, 0.5) is 35.0 Å². The van der Waals surface area contributed by atoms with E-state index in [2.05, 4.69) is 15.4 Å². The van der Waals surface area contributed by atoms with Crippen molar-refractivity contribution in [1.82, 2.24) is 0 Å². The molecule has 0 bridgehead atoms. The van der Waals surface area contributed by atoms with E-state index in [1.165, 1.54) is 37.3 Å². The molecular weight excluding hydrogens is 359 g/mol. The summed E-state index contributed by atoms with van der Waals surface area (Å²) in [6, 6.07) is 8.20. The van der Waals surface area contributed by atoms with E-state index in [1.54, 1.807) is 0 Å². The van der Waals surface area contributed by atoms with E-state index in [9.17, 15) is 26.7 Å². The Morgan fingerprint density at radius 2 is 1.56 bits per heavy atom. The van der Waals surface area contributed by atoms with Crippen LogP contribution in [0.25, 0.3) is 0 Å². The van der Waals surface area contributed by atoms with E-state index >= 15 is 0 Å². The van der Waals surface area contributed by atoms with Crippen molar-refractivity contribution in [1.29, 1.82) is 0 Å². The fourth-order valence-electron chi connectivity index (χ4n) is 2.03. The minimum Gasteiger partial charge on any atom is -0.755 e. The summed E-state index contributed by atoms with van der Waals surface area (Å²) in [6.07, 6.45) is -4.51. The molecular formula is C15H13F3N3O3S-. The van der Waals surface area contributed by atoms with Gasteiger partial charge in [-0.3, -0.25) is 4.21 Å². The molecule has 0 heterocycles. The zero-order chi connectivity index (χ0) is 18.6. The van der Waals surface area contributed by atoms with E-state index in [-0.39, 0.29) is 5.69 Å². The van der Waals surface area contributed by atoms with Gasteiger partial charge in [-0.2, -0.15) is 13.2 Å². The van der Waals surface area contributed by atoms with Crippen LogP contribution in [-0.4, -0.2) is 14.8 Å². The number of benzene rings is 2.